The molecule has 0 bridgehead atoms. The Labute approximate surface area is 123 Å². The lowest BCUT2D eigenvalue weighted by Gasteiger charge is -2.29. The molecular weight excluding hydrogens is 274 g/mol. The summed E-state index contributed by atoms with van der Waals surface area (Å²) in [6, 6.07) is 1.84. The molecule has 1 aromatic rings. The van der Waals surface area contributed by atoms with Crippen molar-refractivity contribution >= 4 is 17.3 Å². The quantitative estimate of drug-likeness (QED) is 0.822. The molecule has 0 aromatic heterocycles. The summed E-state index contributed by atoms with van der Waals surface area (Å²) in [4.78, 5) is 12.6. The molecule has 0 unspecified atom stereocenters. The van der Waals surface area contributed by atoms with E-state index in [0.717, 1.165) is 38.2 Å². The van der Waals surface area contributed by atoms with E-state index < -0.39 is 17.0 Å². The highest BCUT2D eigenvalue weighted by atomic mass is 19.1. The second-order valence-corrected chi connectivity index (χ2v) is 6.39. The topological polar surface area (TPSA) is 55.1 Å². The molecule has 0 heterocycles. The van der Waals surface area contributed by atoms with Gasteiger partial charge in [0.25, 0.3) is 0 Å². The highest BCUT2D eigenvalue weighted by molar-refractivity contribution is 5.96. The number of hydrogen-bond donors (Lipinski definition) is 2. The van der Waals surface area contributed by atoms with Gasteiger partial charge in [0, 0.05) is 11.5 Å². The first-order valence-corrected chi connectivity index (χ1v) is 7.40. The minimum Gasteiger partial charge on any atom is -0.396 e. The van der Waals surface area contributed by atoms with Gasteiger partial charge in [0.1, 0.15) is 11.6 Å². The van der Waals surface area contributed by atoms with E-state index in [0.29, 0.717) is 12.0 Å². The van der Waals surface area contributed by atoms with Gasteiger partial charge in [0.15, 0.2) is 0 Å². The Morgan fingerprint density at radius 3 is 2.48 bits per heavy atom. The summed E-state index contributed by atoms with van der Waals surface area (Å²) in [5.41, 5.74) is 4.78. The van der Waals surface area contributed by atoms with Gasteiger partial charge in [-0.05, 0) is 31.2 Å². The van der Waals surface area contributed by atoms with Crippen molar-refractivity contribution < 1.29 is 13.6 Å². The van der Waals surface area contributed by atoms with Crippen LogP contribution in [-0.4, -0.2) is 5.91 Å². The van der Waals surface area contributed by atoms with Gasteiger partial charge in [-0.1, -0.05) is 26.7 Å². The van der Waals surface area contributed by atoms with Crippen LogP contribution in [0.4, 0.5) is 20.2 Å². The van der Waals surface area contributed by atoms with Gasteiger partial charge in [-0.3, -0.25) is 4.79 Å². The summed E-state index contributed by atoms with van der Waals surface area (Å²) in [6.45, 7) is 4.15. The largest absolute Gasteiger partial charge is 0.396 e. The minimum absolute atomic E-state index is 0.0473. The van der Waals surface area contributed by atoms with Crippen LogP contribution in [0.1, 0.15) is 46.0 Å². The van der Waals surface area contributed by atoms with Crippen LogP contribution in [0, 0.1) is 23.0 Å². The molecule has 1 aliphatic carbocycles. The maximum Gasteiger partial charge on any atom is 0.230 e. The first-order chi connectivity index (χ1) is 9.84. The third kappa shape index (κ3) is 3.34. The molecule has 5 heteroatoms. The van der Waals surface area contributed by atoms with Crippen LogP contribution >= 0.6 is 0 Å². The molecule has 1 amide bonds. The zero-order valence-corrected chi connectivity index (χ0v) is 12.5. The summed E-state index contributed by atoms with van der Waals surface area (Å²) in [5, 5.41) is 2.61. The first-order valence-electron chi connectivity index (χ1n) is 7.40. The van der Waals surface area contributed by atoms with E-state index in [1.54, 1.807) is 0 Å². The predicted molar refractivity (Wildman–Crippen MR) is 79.8 cm³/mol. The third-order valence-corrected chi connectivity index (χ3v) is 4.18. The van der Waals surface area contributed by atoms with Gasteiger partial charge in [0.05, 0.1) is 11.4 Å². The number of hydrogen-bond acceptors (Lipinski definition) is 2. The van der Waals surface area contributed by atoms with Crippen LogP contribution in [-0.2, 0) is 4.79 Å². The van der Waals surface area contributed by atoms with Gasteiger partial charge >= 0.3 is 0 Å². The lowest BCUT2D eigenvalue weighted by atomic mass is 9.77. The average molecular weight is 296 g/mol. The van der Waals surface area contributed by atoms with Crippen LogP contribution < -0.4 is 11.1 Å². The fourth-order valence-electron chi connectivity index (χ4n) is 3.27. The molecule has 2 rings (SSSR count). The number of nitrogens with two attached hydrogens (primary N) is 1. The Kier molecular flexibility index (Phi) is 4.49. The highest BCUT2D eigenvalue weighted by Gasteiger charge is 2.41. The molecule has 0 saturated heterocycles. The molecule has 21 heavy (non-hydrogen) atoms. The van der Waals surface area contributed by atoms with Crippen LogP contribution in [0.15, 0.2) is 12.1 Å². The maximum absolute atomic E-state index is 13.8. The van der Waals surface area contributed by atoms with Crippen molar-refractivity contribution in [3.05, 3.63) is 23.8 Å². The van der Waals surface area contributed by atoms with Crippen molar-refractivity contribution in [3.8, 4) is 0 Å². The predicted octanol–water partition coefficient (Wildman–Crippen LogP) is 4.09. The molecule has 1 aromatic carbocycles. The van der Waals surface area contributed by atoms with E-state index >= 15 is 0 Å². The summed E-state index contributed by atoms with van der Waals surface area (Å²) in [5.74, 6) is -1.41. The lowest BCUT2D eigenvalue weighted by molar-refractivity contribution is -0.126. The summed E-state index contributed by atoms with van der Waals surface area (Å²) in [6.07, 6.45) is 4.42. The molecule has 1 fully saturated rings. The Hall–Kier alpha value is -1.65. The SMILES string of the molecule is CC(C)CC1(C(=O)Nc2cc(N)c(F)cc2F)CCCC1. The standard InChI is InChI=1S/C16H22F2N2O/c1-10(2)9-16(5-3-4-6-16)15(21)20-14-8-13(19)11(17)7-12(14)18/h7-8,10H,3-6,9,19H2,1-2H3,(H,20,21). The minimum atomic E-state index is -0.816. The van der Waals surface area contributed by atoms with E-state index in [1.807, 2.05) is 0 Å². The van der Waals surface area contributed by atoms with E-state index in [1.165, 1.54) is 0 Å². The van der Waals surface area contributed by atoms with E-state index in [4.69, 9.17) is 5.73 Å². The lowest BCUT2D eigenvalue weighted by Crippen LogP contribution is -2.35. The molecule has 0 aliphatic heterocycles. The number of halogens is 2. The van der Waals surface area contributed by atoms with Gasteiger partial charge in [-0.15, -0.1) is 0 Å². The second kappa shape index (κ2) is 6.00. The fraction of sp³-hybridized carbons (Fsp3) is 0.562. The molecule has 0 atom stereocenters. The zero-order chi connectivity index (χ0) is 15.6. The smallest absolute Gasteiger partial charge is 0.230 e. The van der Waals surface area contributed by atoms with Gasteiger partial charge in [-0.25, -0.2) is 8.78 Å². The molecule has 0 spiro atoms. The normalized spacial score (nSPS) is 17.2. The Morgan fingerprint density at radius 2 is 1.90 bits per heavy atom. The Balaban J connectivity index is 2.21. The van der Waals surface area contributed by atoms with Crippen LogP contribution in [0.2, 0.25) is 0 Å². The number of amides is 1. The zero-order valence-electron chi connectivity index (χ0n) is 12.5. The molecular formula is C16H22F2N2O. The Bertz CT molecular complexity index is 537. The number of benzene rings is 1. The van der Waals surface area contributed by atoms with Crippen molar-refractivity contribution in [2.45, 2.75) is 46.0 Å². The number of carbonyl (C=O) groups excluding carboxylic acids is 1. The molecule has 3 N–H and O–H groups in total. The van der Waals surface area contributed by atoms with Crippen LogP contribution in [0.25, 0.3) is 0 Å². The van der Waals surface area contributed by atoms with Crippen LogP contribution in [0.3, 0.4) is 0 Å². The van der Waals surface area contributed by atoms with Crippen molar-refractivity contribution in [3.63, 3.8) is 0 Å². The summed E-state index contributed by atoms with van der Waals surface area (Å²) < 4.78 is 26.9. The van der Waals surface area contributed by atoms with E-state index in [9.17, 15) is 13.6 Å². The van der Waals surface area contributed by atoms with Crippen LogP contribution in [0.5, 0.6) is 0 Å². The van der Waals surface area contributed by atoms with Gasteiger partial charge in [0.2, 0.25) is 5.91 Å². The molecule has 3 nitrogen and oxygen atoms in total. The van der Waals surface area contributed by atoms with E-state index in [-0.39, 0.29) is 17.3 Å². The molecule has 1 aliphatic rings. The van der Waals surface area contributed by atoms with Crippen molar-refractivity contribution in [1.82, 2.24) is 0 Å². The van der Waals surface area contributed by atoms with Crippen molar-refractivity contribution in [1.29, 1.82) is 0 Å². The highest BCUT2D eigenvalue weighted by Crippen LogP contribution is 2.44. The fourth-order valence-corrected chi connectivity index (χ4v) is 3.27. The molecule has 116 valence electrons. The number of carbonyl (C=O) groups is 1. The molecule has 1 saturated carbocycles. The monoisotopic (exact) mass is 296 g/mol. The third-order valence-electron chi connectivity index (χ3n) is 4.18. The Morgan fingerprint density at radius 1 is 1.29 bits per heavy atom. The number of anilines is 2. The van der Waals surface area contributed by atoms with Gasteiger partial charge < -0.3 is 11.1 Å². The molecule has 0 radical (unpaired) electrons. The number of nitrogens with one attached hydrogen (secondary N) is 1. The summed E-state index contributed by atoms with van der Waals surface area (Å²) in [7, 11) is 0. The second-order valence-electron chi connectivity index (χ2n) is 6.39. The van der Waals surface area contributed by atoms with Crippen molar-refractivity contribution in [2.75, 3.05) is 11.1 Å². The summed E-state index contributed by atoms with van der Waals surface area (Å²) >= 11 is 0. The average Bonchev–Trinajstić information content (AvgIpc) is 2.84. The number of rotatable bonds is 4. The van der Waals surface area contributed by atoms with Gasteiger partial charge in [-0.2, -0.15) is 0 Å². The van der Waals surface area contributed by atoms with E-state index in [2.05, 4.69) is 19.2 Å². The number of nitrogen functional groups attached to an aromatic ring is 1. The van der Waals surface area contributed by atoms with Crippen molar-refractivity contribution in [2.24, 2.45) is 11.3 Å². The maximum atomic E-state index is 13.8. The first kappa shape index (κ1) is 15.7.